The first-order chi connectivity index (χ1) is 7.08. The summed E-state index contributed by atoms with van der Waals surface area (Å²) in [6, 6.07) is 0. The number of ether oxygens (including phenoxy) is 3. The minimum absolute atomic E-state index is 0.265. The Hall–Kier alpha value is -0.650. The van der Waals surface area contributed by atoms with Crippen LogP contribution in [0.2, 0.25) is 0 Å². The van der Waals surface area contributed by atoms with Gasteiger partial charge in [0.25, 0.3) is 0 Å². The molecule has 0 aromatic rings. The molecule has 86 valence electrons. The van der Waals surface area contributed by atoms with Gasteiger partial charge in [-0.05, 0) is 26.7 Å². The fourth-order valence-electron chi connectivity index (χ4n) is 2.13. The Balaban J connectivity index is 2.02. The minimum atomic E-state index is -0.776. The molecule has 2 aliphatic rings. The smallest absolute Gasteiger partial charge is 0.317 e. The summed E-state index contributed by atoms with van der Waals surface area (Å²) in [6.45, 7) is 3.86. The van der Waals surface area contributed by atoms with Crippen LogP contribution < -0.4 is 0 Å². The van der Waals surface area contributed by atoms with E-state index >= 15 is 0 Å². The molecule has 2 rings (SSSR count). The predicted octanol–water partition coefficient (Wildman–Crippen LogP) is 0.409. The second-order valence-corrected chi connectivity index (χ2v) is 4.11. The van der Waals surface area contributed by atoms with Crippen molar-refractivity contribution in [3.63, 3.8) is 0 Å². The average Bonchev–Trinajstić information content (AvgIpc) is 2.08. The van der Waals surface area contributed by atoms with Crippen LogP contribution in [0.1, 0.15) is 26.7 Å². The van der Waals surface area contributed by atoms with E-state index in [0.29, 0.717) is 19.4 Å². The van der Waals surface area contributed by atoms with E-state index in [0.717, 1.165) is 0 Å². The van der Waals surface area contributed by atoms with E-state index in [1.165, 1.54) is 0 Å². The van der Waals surface area contributed by atoms with Crippen LogP contribution >= 0.6 is 0 Å². The second-order valence-electron chi connectivity index (χ2n) is 4.11. The van der Waals surface area contributed by atoms with Crippen molar-refractivity contribution in [1.82, 2.24) is 0 Å². The van der Waals surface area contributed by atoms with Gasteiger partial charge in [-0.3, -0.25) is 4.79 Å². The van der Waals surface area contributed by atoms with Gasteiger partial charge in [0.2, 0.25) is 0 Å². The predicted molar refractivity (Wildman–Crippen MR) is 49.7 cm³/mol. The third-order valence-corrected chi connectivity index (χ3v) is 2.96. The Morgan fingerprint density at radius 1 is 1.53 bits per heavy atom. The van der Waals surface area contributed by atoms with E-state index in [9.17, 15) is 9.90 Å². The number of rotatable bonds is 3. The quantitative estimate of drug-likeness (QED) is 0.692. The number of hydrogen-bond donors (Lipinski definition) is 1. The standard InChI is InChI=1S/C10H16O5/c1-3-13-8(12)10(4-7(11)5-10)9-14-6(2)15-9/h6-7,9,11H,3-5H2,1-2H3. The molecule has 2 fully saturated rings. The van der Waals surface area contributed by atoms with Gasteiger partial charge in [0.1, 0.15) is 5.41 Å². The summed E-state index contributed by atoms with van der Waals surface area (Å²) in [5.41, 5.74) is -0.776. The molecule has 1 N–H and O–H groups in total. The third-order valence-electron chi connectivity index (χ3n) is 2.96. The van der Waals surface area contributed by atoms with Crippen molar-refractivity contribution in [2.24, 2.45) is 5.41 Å². The summed E-state index contributed by atoms with van der Waals surface area (Å²) < 4.78 is 15.6. The molecule has 1 saturated heterocycles. The van der Waals surface area contributed by atoms with Gasteiger partial charge in [0, 0.05) is 0 Å². The number of hydrogen-bond acceptors (Lipinski definition) is 5. The lowest BCUT2D eigenvalue weighted by atomic mass is 9.65. The maximum Gasteiger partial charge on any atom is 0.317 e. The van der Waals surface area contributed by atoms with E-state index < -0.39 is 17.8 Å². The first-order valence-corrected chi connectivity index (χ1v) is 5.24. The van der Waals surface area contributed by atoms with Crippen molar-refractivity contribution < 1.29 is 24.1 Å². The Morgan fingerprint density at radius 3 is 2.53 bits per heavy atom. The Bertz CT molecular complexity index is 253. The molecule has 1 saturated carbocycles. The van der Waals surface area contributed by atoms with Crippen LogP contribution in [0.4, 0.5) is 0 Å². The van der Waals surface area contributed by atoms with Gasteiger partial charge in [-0.15, -0.1) is 0 Å². The van der Waals surface area contributed by atoms with Crippen LogP contribution in [-0.2, 0) is 19.0 Å². The molecule has 0 amide bonds. The highest BCUT2D eigenvalue weighted by molar-refractivity contribution is 5.79. The number of carbonyl (C=O) groups is 1. The lowest BCUT2D eigenvalue weighted by Gasteiger charge is -2.51. The van der Waals surface area contributed by atoms with Crippen LogP contribution in [0.25, 0.3) is 0 Å². The van der Waals surface area contributed by atoms with Gasteiger partial charge in [-0.25, -0.2) is 0 Å². The van der Waals surface area contributed by atoms with Crippen molar-refractivity contribution in [1.29, 1.82) is 0 Å². The summed E-state index contributed by atoms with van der Waals surface area (Å²) in [5, 5.41) is 9.32. The minimum Gasteiger partial charge on any atom is -0.465 e. The molecular formula is C10H16O5. The molecule has 0 bridgehead atoms. The molecule has 5 heteroatoms. The van der Waals surface area contributed by atoms with Gasteiger partial charge < -0.3 is 19.3 Å². The molecule has 0 aromatic heterocycles. The topological polar surface area (TPSA) is 65.0 Å². The zero-order valence-corrected chi connectivity index (χ0v) is 8.93. The normalized spacial score (nSPS) is 44.1. The van der Waals surface area contributed by atoms with Crippen molar-refractivity contribution >= 4 is 5.97 Å². The maximum atomic E-state index is 11.7. The molecule has 15 heavy (non-hydrogen) atoms. The monoisotopic (exact) mass is 216 g/mol. The lowest BCUT2D eigenvalue weighted by molar-refractivity contribution is -0.419. The summed E-state index contributed by atoms with van der Waals surface area (Å²) in [5.74, 6) is -0.327. The lowest BCUT2D eigenvalue weighted by Crippen LogP contribution is -2.62. The van der Waals surface area contributed by atoms with Crippen molar-refractivity contribution in [3.05, 3.63) is 0 Å². The highest BCUT2D eigenvalue weighted by Gasteiger charge is 2.61. The van der Waals surface area contributed by atoms with Gasteiger partial charge in [-0.1, -0.05) is 0 Å². The van der Waals surface area contributed by atoms with E-state index in [1.807, 2.05) is 0 Å². The fourth-order valence-corrected chi connectivity index (χ4v) is 2.13. The Kier molecular flexibility index (Phi) is 2.70. The van der Waals surface area contributed by atoms with E-state index in [4.69, 9.17) is 14.2 Å². The summed E-state index contributed by atoms with van der Waals surface area (Å²) in [4.78, 5) is 11.7. The third kappa shape index (κ3) is 1.64. The molecule has 1 aliphatic carbocycles. The Labute approximate surface area is 88.3 Å². The SMILES string of the molecule is CCOC(=O)C1(C2OC(C)O2)CC(O)C1. The van der Waals surface area contributed by atoms with Crippen LogP contribution in [-0.4, -0.2) is 36.4 Å². The highest BCUT2D eigenvalue weighted by atomic mass is 16.9. The maximum absolute atomic E-state index is 11.7. The zero-order chi connectivity index (χ0) is 11.1. The highest BCUT2D eigenvalue weighted by Crippen LogP contribution is 2.50. The molecule has 5 nitrogen and oxygen atoms in total. The van der Waals surface area contributed by atoms with Crippen LogP contribution in [0.15, 0.2) is 0 Å². The number of aliphatic hydroxyl groups is 1. The summed E-state index contributed by atoms with van der Waals surface area (Å²) in [7, 11) is 0. The van der Waals surface area contributed by atoms with E-state index in [2.05, 4.69) is 0 Å². The summed E-state index contributed by atoms with van der Waals surface area (Å²) in [6.07, 6.45) is -0.529. The molecule has 0 atom stereocenters. The van der Waals surface area contributed by atoms with Crippen LogP contribution in [0, 0.1) is 5.41 Å². The summed E-state index contributed by atoms with van der Waals surface area (Å²) >= 11 is 0. The molecule has 1 aliphatic heterocycles. The van der Waals surface area contributed by atoms with E-state index in [-0.39, 0.29) is 12.3 Å². The Morgan fingerprint density at radius 2 is 2.13 bits per heavy atom. The van der Waals surface area contributed by atoms with Gasteiger partial charge >= 0.3 is 5.97 Å². The van der Waals surface area contributed by atoms with Gasteiger partial charge in [0.15, 0.2) is 12.6 Å². The number of esters is 1. The van der Waals surface area contributed by atoms with Crippen molar-refractivity contribution in [2.75, 3.05) is 6.61 Å². The van der Waals surface area contributed by atoms with Crippen molar-refractivity contribution in [2.45, 2.75) is 45.4 Å². The van der Waals surface area contributed by atoms with Crippen molar-refractivity contribution in [3.8, 4) is 0 Å². The van der Waals surface area contributed by atoms with Gasteiger partial charge in [-0.2, -0.15) is 0 Å². The molecular weight excluding hydrogens is 200 g/mol. The fraction of sp³-hybridized carbons (Fsp3) is 0.900. The van der Waals surface area contributed by atoms with E-state index in [1.54, 1.807) is 13.8 Å². The average molecular weight is 216 g/mol. The molecule has 1 heterocycles. The first kappa shape index (κ1) is 10.9. The number of aliphatic hydroxyl groups excluding tert-OH is 1. The molecule has 0 aromatic carbocycles. The van der Waals surface area contributed by atoms with Gasteiger partial charge in [0.05, 0.1) is 12.7 Å². The first-order valence-electron chi connectivity index (χ1n) is 5.24. The second kappa shape index (κ2) is 3.73. The largest absolute Gasteiger partial charge is 0.465 e. The van der Waals surface area contributed by atoms with Crippen LogP contribution in [0.5, 0.6) is 0 Å². The molecule has 0 radical (unpaired) electrons. The molecule has 0 unspecified atom stereocenters. The number of carbonyl (C=O) groups excluding carboxylic acids is 1. The van der Waals surface area contributed by atoms with Crippen LogP contribution in [0.3, 0.4) is 0 Å². The molecule has 0 spiro atoms. The zero-order valence-electron chi connectivity index (χ0n) is 8.93.